The van der Waals surface area contributed by atoms with Gasteiger partial charge in [-0.2, -0.15) is 0 Å². The van der Waals surface area contributed by atoms with Gasteiger partial charge >= 0.3 is 0 Å². The molecule has 2 nitrogen and oxygen atoms in total. The van der Waals surface area contributed by atoms with Gasteiger partial charge in [-0.3, -0.25) is 0 Å². The van der Waals surface area contributed by atoms with Crippen molar-refractivity contribution in [3.8, 4) is 0 Å². The van der Waals surface area contributed by atoms with Gasteiger partial charge in [0.2, 0.25) is 0 Å². The van der Waals surface area contributed by atoms with Gasteiger partial charge < -0.3 is 10.8 Å². The van der Waals surface area contributed by atoms with Crippen LogP contribution in [-0.4, -0.2) is 17.8 Å². The Morgan fingerprint density at radius 2 is 2.12 bits per heavy atom. The molecular formula is C6H15NO. The van der Waals surface area contributed by atoms with Gasteiger partial charge in [-0.05, 0) is 26.2 Å². The van der Waals surface area contributed by atoms with Crippen molar-refractivity contribution in [2.45, 2.75) is 32.2 Å². The molecule has 0 radical (unpaired) electrons. The molecule has 3 N–H and O–H groups in total. The summed E-state index contributed by atoms with van der Waals surface area (Å²) in [5.74, 6) is 0. The molecule has 0 heterocycles. The summed E-state index contributed by atoms with van der Waals surface area (Å²) in [4.78, 5) is 0. The average molecular weight is 117 g/mol. The fraction of sp³-hybridized carbons (Fsp3) is 1.00. The Labute approximate surface area is 50.7 Å². The summed E-state index contributed by atoms with van der Waals surface area (Å²) < 4.78 is 0. The molecule has 0 bridgehead atoms. The van der Waals surface area contributed by atoms with Gasteiger partial charge in [-0.25, -0.2) is 0 Å². The quantitative estimate of drug-likeness (QED) is 0.526. The minimum Gasteiger partial charge on any atom is -0.396 e. The molecule has 1 atom stereocenters. The predicted octanol–water partition coefficient (Wildman–Crippen LogP) is 0.496. The topological polar surface area (TPSA) is 46.2 Å². The second kappa shape index (κ2) is 5.06. The zero-order valence-corrected chi connectivity index (χ0v) is 5.43. The van der Waals surface area contributed by atoms with Crippen molar-refractivity contribution in [1.82, 2.24) is 0 Å². The van der Waals surface area contributed by atoms with E-state index in [2.05, 4.69) is 0 Å². The van der Waals surface area contributed by atoms with Crippen LogP contribution in [0.1, 0.15) is 26.2 Å². The lowest BCUT2D eigenvalue weighted by atomic mass is 10.1. The van der Waals surface area contributed by atoms with E-state index in [0.717, 1.165) is 19.3 Å². The first-order valence-electron chi connectivity index (χ1n) is 3.14. The van der Waals surface area contributed by atoms with Crippen LogP contribution in [0.15, 0.2) is 0 Å². The third kappa shape index (κ3) is 5.92. The first kappa shape index (κ1) is 7.92. The Balaban J connectivity index is 2.72. The van der Waals surface area contributed by atoms with Gasteiger partial charge in [-0.1, -0.05) is 0 Å². The SMILES string of the molecule is CC(N)CCCCO. The van der Waals surface area contributed by atoms with Crippen LogP contribution in [0.5, 0.6) is 0 Å². The van der Waals surface area contributed by atoms with Crippen LogP contribution in [0.3, 0.4) is 0 Å². The molecule has 0 saturated heterocycles. The fourth-order valence-electron chi connectivity index (χ4n) is 0.578. The molecule has 0 aromatic rings. The van der Waals surface area contributed by atoms with Crippen molar-refractivity contribution < 1.29 is 5.11 Å². The van der Waals surface area contributed by atoms with Crippen LogP contribution >= 0.6 is 0 Å². The monoisotopic (exact) mass is 117 g/mol. The maximum Gasteiger partial charge on any atom is 0.0431 e. The normalized spacial score (nSPS) is 13.9. The number of aliphatic hydroxyl groups excluding tert-OH is 1. The summed E-state index contributed by atoms with van der Waals surface area (Å²) >= 11 is 0. The number of rotatable bonds is 4. The molecular weight excluding hydrogens is 102 g/mol. The largest absolute Gasteiger partial charge is 0.396 e. The standard InChI is InChI=1S/C6H15NO/c1-6(7)4-2-3-5-8/h6,8H,2-5,7H2,1H3. The maximum atomic E-state index is 8.34. The van der Waals surface area contributed by atoms with Crippen LogP contribution in [0.4, 0.5) is 0 Å². The van der Waals surface area contributed by atoms with Crippen molar-refractivity contribution in [3.05, 3.63) is 0 Å². The summed E-state index contributed by atoms with van der Waals surface area (Å²) in [5, 5.41) is 8.34. The van der Waals surface area contributed by atoms with Gasteiger partial charge in [0, 0.05) is 12.6 Å². The molecule has 0 aliphatic carbocycles. The van der Waals surface area contributed by atoms with E-state index in [1.165, 1.54) is 0 Å². The molecule has 1 unspecified atom stereocenters. The lowest BCUT2D eigenvalue weighted by Gasteiger charge is -2.00. The number of hydrogen-bond donors (Lipinski definition) is 2. The third-order valence-corrected chi connectivity index (χ3v) is 1.07. The highest BCUT2D eigenvalue weighted by Gasteiger charge is 1.91. The van der Waals surface area contributed by atoms with E-state index in [-0.39, 0.29) is 0 Å². The molecule has 0 fully saturated rings. The summed E-state index contributed by atoms with van der Waals surface area (Å²) in [6, 6.07) is 0.293. The van der Waals surface area contributed by atoms with Crippen LogP contribution in [-0.2, 0) is 0 Å². The molecule has 0 amide bonds. The van der Waals surface area contributed by atoms with E-state index in [1.807, 2.05) is 6.92 Å². The number of nitrogens with two attached hydrogens (primary N) is 1. The van der Waals surface area contributed by atoms with Gasteiger partial charge in [0.1, 0.15) is 0 Å². The first-order chi connectivity index (χ1) is 3.77. The molecule has 0 rings (SSSR count). The highest BCUT2D eigenvalue weighted by molar-refractivity contribution is 4.51. The molecule has 50 valence electrons. The fourth-order valence-corrected chi connectivity index (χ4v) is 0.578. The van der Waals surface area contributed by atoms with Crippen molar-refractivity contribution in [1.29, 1.82) is 0 Å². The van der Waals surface area contributed by atoms with Crippen molar-refractivity contribution in [2.24, 2.45) is 5.73 Å². The van der Waals surface area contributed by atoms with Gasteiger partial charge in [0.25, 0.3) is 0 Å². The molecule has 0 saturated carbocycles. The molecule has 0 aliphatic heterocycles. The summed E-state index contributed by atoms with van der Waals surface area (Å²) in [5.41, 5.74) is 5.45. The molecule has 0 spiro atoms. The molecule has 0 aliphatic rings. The Morgan fingerprint density at radius 1 is 1.50 bits per heavy atom. The van der Waals surface area contributed by atoms with E-state index < -0.39 is 0 Å². The lowest BCUT2D eigenvalue weighted by Crippen LogP contribution is -2.14. The zero-order valence-electron chi connectivity index (χ0n) is 5.43. The number of unbranched alkanes of at least 4 members (excludes halogenated alkanes) is 1. The maximum absolute atomic E-state index is 8.34. The average Bonchev–Trinajstić information content (AvgIpc) is 1.66. The van der Waals surface area contributed by atoms with Crippen LogP contribution in [0.2, 0.25) is 0 Å². The van der Waals surface area contributed by atoms with Crippen molar-refractivity contribution in [2.75, 3.05) is 6.61 Å². The second-order valence-electron chi connectivity index (χ2n) is 2.20. The van der Waals surface area contributed by atoms with Crippen molar-refractivity contribution >= 4 is 0 Å². The lowest BCUT2D eigenvalue weighted by molar-refractivity contribution is 0.282. The van der Waals surface area contributed by atoms with Gasteiger partial charge in [0.05, 0.1) is 0 Å². The number of aliphatic hydroxyl groups is 1. The van der Waals surface area contributed by atoms with E-state index in [4.69, 9.17) is 10.8 Å². The molecule has 8 heavy (non-hydrogen) atoms. The Hall–Kier alpha value is -0.0800. The summed E-state index contributed by atoms with van der Waals surface area (Å²) in [7, 11) is 0. The zero-order chi connectivity index (χ0) is 6.41. The Morgan fingerprint density at radius 3 is 2.50 bits per heavy atom. The minimum absolute atomic E-state index is 0.293. The van der Waals surface area contributed by atoms with Crippen LogP contribution < -0.4 is 5.73 Å². The smallest absolute Gasteiger partial charge is 0.0431 e. The highest BCUT2D eigenvalue weighted by Crippen LogP contribution is 1.95. The minimum atomic E-state index is 0.293. The highest BCUT2D eigenvalue weighted by atomic mass is 16.2. The third-order valence-electron chi connectivity index (χ3n) is 1.07. The molecule has 0 aromatic heterocycles. The molecule has 2 heteroatoms. The van der Waals surface area contributed by atoms with Crippen LogP contribution in [0.25, 0.3) is 0 Å². The van der Waals surface area contributed by atoms with Crippen molar-refractivity contribution in [3.63, 3.8) is 0 Å². The van der Waals surface area contributed by atoms with E-state index >= 15 is 0 Å². The molecule has 0 aromatic carbocycles. The Kier molecular flexibility index (Phi) is 5.01. The van der Waals surface area contributed by atoms with E-state index in [1.54, 1.807) is 0 Å². The summed E-state index contributed by atoms with van der Waals surface area (Å²) in [6.45, 7) is 2.28. The predicted molar refractivity (Wildman–Crippen MR) is 34.6 cm³/mol. The first-order valence-corrected chi connectivity index (χ1v) is 3.14. The Bertz CT molecular complexity index is 45.8. The summed E-state index contributed by atoms with van der Waals surface area (Å²) in [6.07, 6.45) is 2.97. The van der Waals surface area contributed by atoms with Crippen LogP contribution in [0, 0.1) is 0 Å². The van der Waals surface area contributed by atoms with Gasteiger partial charge in [0.15, 0.2) is 0 Å². The second-order valence-corrected chi connectivity index (χ2v) is 2.20. The van der Waals surface area contributed by atoms with Gasteiger partial charge in [-0.15, -0.1) is 0 Å². The number of hydrogen-bond acceptors (Lipinski definition) is 2. The van der Waals surface area contributed by atoms with E-state index in [0.29, 0.717) is 12.6 Å². The van der Waals surface area contributed by atoms with E-state index in [9.17, 15) is 0 Å².